The van der Waals surface area contributed by atoms with Crippen molar-refractivity contribution in [1.29, 1.82) is 0 Å². The normalized spacial score (nSPS) is 19.1. The van der Waals surface area contributed by atoms with E-state index in [0.717, 1.165) is 24.4 Å². The lowest BCUT2D eigenvalue weighted by Gasteiger charge is -2.29. The van der Waals surface area contributed by atoms with Crippen LogP contribution in [0.5, 0.6) is 0 Å². The van der Waals surface area contributed by atoms with Gasteiger partial charge in [0.25, 0.3) is 0 Å². The summed E-state index contributed by atoms with van der Waals surface area (Å²) in [4.78, 5) is 0. The van der Waals surface area contributed by atoms with E-state index in [1.165, 1.54) is 18.9 Å². The van der Waals surface area contributed by atoms with Gasteiger partial charge in [-0.1, -0.05) is 24.6 Å². The van der Waals surface area contributed by atoms with Crippen LogP contribution in [0.2, 0.25) is 5.02 Å². The third-order valence-corrected chi connectivity index (χ3v) is 4.03. The van der Waals surface area contributed by atoms with E-state index >= 15 is 0 Å². The standard InChI is InChI=1S/C14H19ClFN/c1-14(9-17-2,11-4-5-11)8-10-3-6-13(16)12(15)7-10/h3,6-7,11,17H,4-5,8-9H2,1-2H3. The van der Waals surface area contributed by atoms with E-state index in [2.05, 4.69) is 12.2 Å². The molecule has 1 nitrogen and oxygen atoms in total. The summed E-state index contributed by atoms with van der Waals surface area (Å²) in [5.41, 5.74) is 1.39. The maximum atomic E-state index is 13.1. The Bertz CT molecular complexity index is 403. The largest absolute Gasteiger partial charge is 0.319 e. The molecule has 0 radical (unpaired) electrons. The van der Waals surface area contributed by atoms with Crippen molar-refractivity contribution in [1.82, 2.24) is 5.32 Å². The van der Waals surface area contributed by atoms with Gasteiger partial charge in [0.15, 0.2) is 0 Å². The van der Waals surface area contributed by atoms with Crippen molar-refractivity contribution in [2.75, 3.05) is 13.6 Å². The molecule has 1 aromatic carbocycles. The van der Waals surface area contributed by atoms with Crippen molar-refractivity contribution in [3.63, 3.8) is 0 Å². The first-order valence-corrected chi connectivity index (χ1v) is 6.51. The van der Waals surface area contributed by atoms with Gasteiger partial charge in [0.1, 0.15) is 5.82 Å². The van der Waals surface area contributed by atoms with Crippen LogP contribution < -0.4 is 5.32 Å². The molecule has 0 amide bonds. The molecule has 0 bridgehead atoms. The molecular weight excluding hydrogens is 237 g/mol. The van der Waals surface area contributed by atoms with Gasteiger partial charge < -0.3 is 5.32 Å². The summed E-state index contributed by atoms with van der Waals surface area (Å²) in [6.45, 7) is 3.30. The Morgan fingerprint density at radius 1 is 1.47 bits per heavy atom. The van der Waals surface area contributed by atoms with Gasteiger partial charge in [0.05, 0.1) is 5.02 Å². The van der Waals surface area contributed by atoms with Crippen molar-refractivity contribution in [3.05, 3.63) is 34.6 Å². The molecule has 0 aliphatic heterocycles. The maximum Gasteiger partial charge on any atom is 0.141 e. The molecule has 2 rings (SSSR count). The molecule has 94 valence electrons. The third-order valence-electron chi connectivity index (χ3n) is 3.74. The lowest BCUT2D eigenvalue weighted by Crippen LogP contribution is -2.33. The van der Waals surface area contributed by atoms with Gasteiger partial charge in [-0.05, 0) is 55.3 Å². The van der Waals surface area contributed by atoms with Gasteiger partial charge in [0, 0.05) is 6.54 Å². The summed E-state index contributed by atoms with van der Waals surface area (Å²) in [6.07, 6.45) is 3.58. The second-order valence-corrected chi connectivity index (χ2v) is 5.79. The molecule has 1 fully saturated rings. The van der Waals surface area contributed by atoms with Crippen molar-refractivity contribution in [2.45, 2.75) is 26.2 Å². The minimum absolute atomic E-state index is 0.227. The average molecular weight is 256 g/mol. The minimum atomic E-state index is -0.336. The Kier molecular flexibility index (Phi) is 3.74. The summed E-state index contributed by atoms with van der Waals surface area (Å²) in [5.74, 6) is 0.455. The topological polar surface area (TPSA) is 12.0 Å². The quantitative estimate of drug-likeness (QED) is 0.847. The van der Waals surface area contributed by atoms with Crippen LogP contribution in [0.25, 0.3) is 0 Å². The van der Waals surface area contributed by atoms with Gasteiger partial charge in [-0.2, -0.15) is 0 Å². The van der Waals surface area contributed by atoms with Crippen LogP contribution in [-0.2, 0) is 6.42 Å². The van der Waals surface area contributed by atoms with Crippen LogP contribution in [0.15, 0.2) is 18.2 Å². The Labute approximate surface area is 107 Å². The van der Waals surface area contributed by atoms with Gasteiger partial charge in [0.2, 0.25) is 0 Å². The molecule has 0 spiro atoms. The summed E-state index contributed by atoms with van der Waals surface area (Å²) in [7, 11) is 1.98. The second kappa shape index (κ2) is 4.95. The predicted molar refractivity (Wildman–Crippen MR) is 69.9 cm³/mol. The highest BCUT2D eigenvalue weighted by Crippen LogP contribution is 2.47. The second-order valence-electron chi connectivity index (χ2n) is 5.38. The molecule has 1 saturated carbocycles. The fraction of sp³-hybridized carbons (Fsp3) is 0.571. The number of hydrogen-bond donors (Lipinski definition) is 1. The molecule has 17 heavy (non-hydrogen) atoms. The highest BCUT2D eigenvalue weighted by Gasteiger charge is 2.40. The predicted octanol–water partition coefficient (Wildman–Crippen LogP) is 3.66. The number of benzene rings is 1. The highest BCUT2D eigenvalue weighted by atomic mass is 35.5. The number of hydrogen-bond acceptors (Lipinski definition) is 1. The van der Waals surface area contributed by atoms with Crippen LogP contribution in [0.1, 0.15) is 25.3 Å². The van der Waals surface area contributed by atoms with Crippen LogP contribution in [-0.4, -0.2) is 13.6 Å². The summed E-state index contributed by atoms with van der Waals surface area (Å²) < 4.78 is 13.1. The minimum Gasteiger partial charge on any atom is -0.319 e. The molecule has 3 heteroatoms. The lowest BCUT2D eigenvalue weighted by molar-refractivity contribution is 0.263. The first-order chi connectivity index (χ1) is 8.05. The highest BCUT2D eigenvalue weighted by molar-refractivity contribution is 6.30. The smallest absolute Gasteiger partial charge is 0.141 e. The van der Waals surface area contributed by atoms with Crippen molar-refractivity contribution >= 4 is 11.6 Å². The molecule has 0 saturated heterocycles. The van der Waals surface area contributed by atoms with Gasteiger partial charge in [-0.3, -0.25) is 0 Å². The van der Waals surface area contributed by atoms with Crippen LogP contribution in [0.3, 0.4) is 0 Å². The Balaban J connectivity index is 2.14. The fourth-order valence-electron chi connectivity index (χ4n) is 2.65. The molecule has 1 aliphatic carbocycles. The third kappa shape index (κ3) is 2.99. The van der Waals surface area contributed by atoms with Gasteiger partial charge in [-0.15, -0.1) is 0 Å². The first-order valence-electron chi connectivity index (χ1n) is 6.14. The van der Waals surface area contributed by atoms with Gasteiger partial charge >= 0.3 is 0 Å². The summed E-state index contributed by atoms with van der Waals surface area (Å²) in [5, 5.41) is 3.50. The molecule has 1 unspecified atom stereocenters. The van der Waals surface area contributed by atoms with E-state index < -0.39 is 0 Å². The summed E-state index contributed by atoms with van der Waals surface area (Å²) in [6, 6.07) is 5.06. The molecule has 1 N–H and O–H groups in total. The van der Waals surface area contributed by atoms with E-state index in [-0.39, 0.29) is 16.3 Å². The van der Waals surface area contributed by atoms with E-state index in [1.54, 1.807) is 6.07 Å². The molecule has 1 atom stereocenters. The Morgan fingerprint density at radius 3 is 2.71 bits per heavy atom. The molecular formula is C14H19ClFN. The van der Waals surface area contributed by atoms with E-state index in [1.807, 2.05) is 13.1 Å². The summed E-state index contributed by atoms with van der Waals surface area (Å²) >= 11 is 5.82. The maximum absolute atomic E-state index is 13.1. The molecule has 0 heterocycles. The average Bonchev–Trinajstić information content (AvgIpc) is 3.07. The number of nitrogens with one attached hydrogen (secondary N) is 1. The molecule has 1 aromatic rings. The van der Waals surface area contributed by atoms with Crippen LogP contribution >= 0.6 is 11.6 Å². The van der Waals surface area contributed by atoms with E-state index in [0.29, 0.717) is 0 Å². The van der Waals surface area contributed by atoms with Crippen molar-refractivity contribution in [2.24, 2.45) is 11.3 Å². The Hall–Kier alpha value is -0.600. The number of halogens is 2. The number of rotatable bonds is 5. The van der Waals surface area contributed by atoms with Crippen LogP contribution in [0.4, 0.5) is 4.39 Å². The van der Waals surface area contributed by atoms with Crippen LogP contribution in [0, 0.1) is 17.2 Å². The zero-order valence-electron chi connectivity index (χ0n) is 10.4. The fourth-order valence-corrected chi connectivity index (χ4v) is 2.85. The molecule has 0 aromatic heterocycles. The van der Waals surface area contributed by atoms with Crippen molar-refractivity contribution < 1.29 is 4.39 Å². The molecule has 1 aliphatic rings. The zero-order chi connectivity index (χ0) is 12.5. The zero-order valence-corrected chi connectivity index (χ0v) is 11.1. The lowest BCUT2D eigenvalue weighted by atomic mass is 9.79. The Morgan fingerprint density at radius 2 is 2.18 bits per heavy atom. The van der Waals surface area contributed by atoms with Gasteiger partial charge in [-0.25, -0.2) is 4.39 Å². The van der Waals surface area contributed by atoms with E-state index in [9.17, 15) is 4.39 Å². The van der Waals surface area contributed by atoms with E-state index in [4.69, 9.17) is 11.6 Å². The monoisotopic (exact) mass is 255 g/mol. The van der Waals surface area contributed by atoms with Crippen molar-refractivity contribution in [3.8, 4) is 0 Å². The first kappa shape index (κ1) is 12.8. The SMILES string of the molecule is CNCC(C)(Cc1ccc(F)c(Cl)c1)C1CC1.